The largest absolute Gasteiger partial charge is 0.478 e. The van der Waals surface area contributed by atoms with Gasteiger partial charge in [-0.05, 0) is 78.2 Å². The Morgan fingerprint density at radius 1 is 1.03 bits per heavy atom. The van der Waals surface area contributed by atoms with Crippen LogP contribution < -0.4 is 4.72 Å². The molecule has 0 bridgehead atoms. The van der Waals surface area contributed by atoms with Crippen molar-refractivity contribution < 1.29 is 18.3 Å². The van der Waals surface area contributed by atoms with Crippen molar-refractivity contribution in [2.24, 2.45) is 0 Å². The van der Waals surface area contributed by atoms with Crippen LogP contribution in [0.1, 0.15) is 27.0 Å². The predicted molar refractivity (Wildman–Crippen MR) is 130 cm³/mol. The molecule has 1 heterocycles. The minimum absolute atomic E-state index is 0.260. The van der Waals surface area contributed by atoms with Gasteiger partial charge in [0.2, 0.25) is 0 Å². The number of carbonyl (C=O) groups is 1. The van der Waals surface area contributed by atoms with Crippen molar-refractivity contribution in [3.63, 3.8) is 0 Å². The number of nitrogens with one attached hydrogen (secondary N) is 1. The Bertz CT molecular complexity index is 1430. The van der Waals surface area contributed by atoms with Gasteiger partial charge in [-0.2, -0.15) is 0 Å². The van der Waals surface area contributed by atoms with Crippen LogP contribution in [0, 0.1) is 6.92 Å². The van der Waals surface area contributed by atoms with Gasteiger partial charge in [-0.3, -0.25) is 4.72 Å². The Kier molecular flexibility index (Phi) is 6.24. The maximum Gasteiger partial charge on any atom is 0.335 e. The molecular formula is C24H20ClNO4S2. The number of benzene rings is 3. The average Bonchev–Trinajstić information content (AvgIpc) is 3.09. The molecule has 0 saturated carbocycles. The zero-order valence-corrected chi connectivity index (χ0v) is 19.5. The highest BCUT2D eigenvalue weighted by molar-refractivity contribution is 7.94. The summed E-state index contributed by atoms with van der Waals surface area (Å²) in [6.07, 6.45) is 1.12. The van der Waals surface area contributed by atoms with E-state index >= 15 is 0 Å². The molecule has 0 spiro atoms. The van der Waals surface area contributed by atoms with Crippen LogP contribution in [0.2, 0.25) is 5.02 Å². The SMILES string of the molecule is Cc1c(S(=O)(=O)Nc2cccc(CCc3ccccc3C(=O)O)c2)sc2ccc(Cl)cc12. The molecule has 164 valence electrons. The molecular weight excluding hydrogens is 466 g/mol. The number of carboxylic acids is 1. The third-order valence-corrected chi connectivity index (χ3v) is 8.72. The standard InChI is InChI=1S/C24H20ClNO4S2/c1-15-21-14-18(25)11-12-22(21)31-24(15)32(29,30)26-19-7-4-5-16(13-19)9-10-17-6-2-3-8-20(17)23(27)28/h2-8,11-14,26H,9-10H2,1H3,(H,27,28). The molecule has 8 heteroatoms. The minimum Gasteiger partial charge on any atom is -0.478 e. The Balaban J connectivity index is 1.55. The van der Waals surface area contributed by atoms with E-state index in [1.54, 1.807) is 55.5 Å². The van der Waals surface area contributed by atoms with E-state index in [0.717, 1.165) is 21.2 Å². The number of rotatable bonds is 7. The highest BCUT2D eigenvalue weighted by Crippen LogP contribution is 2.36. The molecule has 0 saturated heterocycles. The summed E-state index contributed by atoms with van der Waals surface area (Å²) in [4.78, 5) is 11.4. The van der Waals surface area contributed by atoms with Gasteiger partial charge in [-0.1, -0.05) is 41.9 Å². The smallest absolute Gasteiger partial charge is 0.335 e. The van der Waals surface area contributed by atoms with Gasteiger partial charge in [-0.25, -0.2) is 13.2 Å². The first-order valence-electron chi connectivity index (χ1n) is 9.86. The van der Waals surface area contributed by atoms with Crippen molar-refractivity contribution in [3.05, 3.63) is 94.0 Å². The maximum atomic E-state index is 13.1. The molecule has 0 fully saturated rings. The minimum atomic E-state index is -3.77. The summed E-state index contributed by atoms with van der Waals surface area (Å²) in [6, 6.07) is 19.4. The van der Waals surface area contributed by atoms with E-state index in [4.69, 9.17) is 11.6 Å². The van der Waals surface area contributed by atoms with Crippen LogP contribution in [0.4, 0.5) is 5.69 Å². The molecule has 4 rings (SSSR count). The van der Waals surface area contributed by atoms with Crippen LogP contribution in [0.5, 0.6) is 0 Å². The highest BCUT2D eigenvalue weighted by atomic mass is 35.5. The summed E-state index contributed by atoms with van der Waals surface area (Å²) >= 11 is 7.28. The first-order valence-corrected chi connectivity index (χ1v) is 12.5. The van der Waals surface area contributed by atoms with Crippen LogP contribution in [0.15, 0.2) is 70.9 Å². The van der Waals surface area contributed by atoms with Gasteiger partial charge in [0, 0.05) is 15.4 Å². The summed E-state index contributed by atoms with van der Waals surface area (Å²) in [5.41, 5.74) is 3.06. The van der Waals surface area contributed by atoms with Gasteiger partial charge in [0.05, 0.1) is 5.56 Å². The summed E-state index contributed by atoms with van der Waals surface area (Å²) in [5, 5.41) is 10.7. The molecule has 2 N–H and O–H groups in total. The normalized spacial score (nSPS) is 11.6. The molecule has 0 aliphatic rings. The summed E-state index contributed by atoms with van der Waals surface area (Å²) in [6.45, 7) is 1.78. The number of halogens is 1. The number of carboxylic acid groups (broad SMARTS) is 1. The second-order valence-electron chi connectivity index (χ2n) is 7.42. The van der Waals surface area contributed by atoms with Crippen molar-refractivity contribution in [1.82, 2.24) is 0 Å². The van der Waals surface area contributed by atoms with E-state index in [0.29, 0.717) is 29.1 Å². The van der Waals surface area contributed by atoms with Crippen LogP contribution in [0.25, 0.3) is 10.1 Å². The summed E-state index contributed by atoms with van der Waals surface area (Å²) < 4.78 is 30.0. The lowest BCUT2D eigenvalue weighted by Gasteiger charge is -2.10. The Hall–Kier alpha value is -2.87. The van der Waals surface area contributed by atoms with Gasteiger partial charge in [0.15, 0.2) is 0 Å². The van der Waals surface area contributed by atoms with E-state index in [1.165, 1.54) is 11.3 Å². The van der Waals surface area contributed by atoms with Gasteiger partial charge in [0.25, 0.3) is 10.0 Å². The zero-order valence-electron chi connectivity index (χ0n) is 17.1. The number of hydrogen-bond donors (Lipinski definition) is 2. The molecule has 0 aliphatic heterocycles. The fourth-order valence-corrected chi connectivity index (χ4v) is 6.61. The summed E-state index contributed by atoms with van der Waals surface area (Å²) in [5.74, 6) is -0.956. The van der Waals surface area contributed by atoms with E-state index in [-0.39, 0.29) is 9.77 Å². The van der Waals surface area contributed by atoms with Gasteiger partial charge < -0.3 is 5.11 Å². The number of aryl methyl sites for hydroxylation is 3. The Morgan fingerprint density at radius 3 is 2.59 bits per heavy atom. The maximum absolute atomic E-state index is 13.1. The molecule has 0 radical (unpaired) electrons. The molecule has 0 amide bonds. The van der Waals surface area contributed by atoms with Crippen LogP contribution >= 0.6 is 22.9 Å². The molecule has 0 unspecified atom stereocenters. The van der Waals surface area contributed by atoms with Gasteiger partial charge in [-0.15, -0.1) is 11.3 Å². The van der Waals surface area contributed by atoms with Crippen LogP contribution in [-0.4, -0.2) is 19.5 Å². The van der Waals surface area contributed by atoms with E-state index < -0.39 is 16.0 Å². The number of aromatic carboxylic acids is 1. The lowest BCUT2D eigenvalue weighted by molar-refractivity contribution is 0.0695. The van der Waals surface area contributed by atoms with Crippen molar-refractivity contribution in [1.29, 1.82) is 0 Å². The van der Waals surface area contributed by atoms with Gasteiger partial charge in [0.1, 0.15) is 4.21 Å². The van der Waals surface area contributed by atoms with Crippen molar-refractivity contribution in [3.8, 4) is 0 Å². The highest BCUT2D eigenvalue weighted by Gasteiger charge is 2.22. The zero-order chi connectivity index (χ0) is 22.9. The lowest BCUT2D eigenvalue weighted by atomic mass is 10.00. The third-order valence-electron chi connectivity index (χ3n) is 5.21. The van der Waals surface area contributed by atoms with Crippen molar-refractivity contribution >= 4 is 54.7 Å². The number of fused-ring (bicyclic) bond motifs is 1. The quantitative estimate of drug-likeness (QED) is 0.329. The molecule has 0 atom stereocenters. The molecule has 1 aromatic heterocycles. The fraction of sp³-hybridized carbons (Fsp3) is 0.125. The van der Waals surface area contributed by atoms with Crippen molar-refractivity contribution in [2.45, 2.75) is 24.0 Å². The number of thiophene rings is 1. The monoisotopic (exact) mass is 485 g/mol. The second kappa shape index (κ2) is 8.94. The predicted octanol–water partition coefficient (Wildman–Crippen LogP) is 6.15. The summed E-state index contributed by atoms with van der Waals surface area (Å²) in [7, 11) is -3.77. The number of anilines is 1. The average molecular weight is 486 g/mol. The first-order chi connectivity index (χ1) is 15.2. The second-order valence-corrected chi connectivity index (χ2v) is 10.8. The van der Waals surface area contributed by atoms with E-state index in [2.05, 4.69) is 4.72 Å². The number of hydrogen-bond acceptors (Lipinski definition) is 4. The lowest BCUT2D eigenvalue weighted by Crippen LogP contribution is -2.12. The third kappa shape index (κ3) is 4.65. The molecule has 0 aliphatic carbocycles. The van der Waals surface area contributed by atoms with E-state index in [1.807, 2.05) is 18.2 Å². The molecule has 32 heavy (non-hydrogen) atoms. The molecule has 3 aromatic carbocycles. The Morgan fingerprint density at radius 2 is 1.81 bits per heavy atom. The molecule has 5 nitrogen and oxygen atoms in total. The van der Waals surface area contributed by atoms with Crippen LogP contribution in [-0.2, 0) is 22.9 Å². The Labute approximate surface area is 195 Å². The van der Waals surface area contributed by atoms with E-state index in [9.17, 15) is 18.3 Å². The first kappa shape index (κ1) is 22.3. The van der Waals surface area contributed by atoms with Gasteiger partial charge >= 0.3 is 5.97 Å². The topological polar surface area (TPSA) is 83.5 Å². The molecule has 4 aromatic rings. The van der Waals surface area contributed by atoms with Crippen molar-refractivity contribution in [2.75, 3.05) is 4.72 Å². The van der Waals surface area contributed by atoms with Crippen LogP contribution in [0.3, 0.4) is 0 Å². The fourth-order valence-electron chi connectivity index (χ4n) is 3.64. The number of sulfonamides is 1.